The summed E-state index contributed by atoms with van der Waals surface area (Å²) >= 11 is 0. The second kappa shape index (κ2) is 11.0. The van der Waals surface area contributed by atoms with Crippen molar-refractivity contribution in [2.45, 2.75) is 44.2 Å². The average molecular weight is 482 g/mol. The molecule has 1 unspecified atom stereocenters. The first-order valence-corrected chi connectivity index (χ1v) is 12.2. The summed E-state index contributed by atoms with van der Waals surface area (Å²) < 4.78 is 16.5. The summed E-state index contributed by atoms with van der Waals surface area (Å²) in [6.07, 6.45) is 4.00. The topological polar surface area (TPSA) is 89.1 Å². The first-order valence-electron chi connectivity index (χ1n) is 12.2. The summed E-state index contributed by atoms with van der Waals surface area (Å²) in [5.41, 5.74) is 1.43. The molecule has 2 N–H and O–H groups in total. The van der Waals surface area contributed by atoms with Gasteiger partial charge in [0.1, 0.15) is 11.3 Å². The Labute approximate surface area is 206 Å². The number of likely N-dealkylation sites (tertiary alicyclic amines) is 1. The van der Waals surface area contributed by atoms with E-state index in [1.54, 1.807) is 21.3 Å². The summed E-state index contributed by atoms with van der Waals surface area (Å²) in [7, 11) is 4.88. The summed E-state index contributed by atoms with van der Waals surface area (Å²) in [5, 5.41) is 5.51. The minimum absolute atomic E-state index is 0.0910. The molecule has 0 radical (unpaired) electrons. The molecule has 2 aromatic carbocycles. The number of nitrogens with one attached hydrogen (secondary N) is 2. The lowest BCUT2D eigenvalue weighted by molar-refractivity contribution is -0.127. The minimum atomic E-state index is -0.834. The number of carbonyl (C=O) groups excluding carboxylic acids is 2. The summed E-state index contributed by atoms with van der Waals surface area (Å²) in [6.45, 7) is 2.35. The highest BCUT2D eigenvalue weighted by Crippen LogP contribution is 2.38. The SMILES string of the molecule is COc1cc(OC)c(OC)cc1CN1CCC(C2(CCCc3ccccc3)NC(=O)NC2=O)CC1. The highest BCUT2D eigenvalue weighted by molar-refractivity contribution is 6.07. The number of hydrogen-bond acceptors (Lipinski definition) is 6. The van der Waals surface area contributed by atoms with E-state index >= 15 is 0 Å². The van der Waals surface area contributed by atoms with Gasteiger partial charge in [0.15, 0.2) is 11.5 Å². The number of ether oxygens (including phenoxy) is 3. The van der Waals surface area contributed by atoms with Crippen molar-refractivity contribution in [3.05, 3.63) is 53.6 Å². The lowest BCUT2D eigenvalue weighted by atomic mass is 9.74. The van der Waals surface area contributed by atoms with E-state index < -0.39 is 5.54 Å². The van der Waals surface area contributed by atoms with Crippen LogP contribution >= 0.6 is 0 Å². The summed E-state index contributed by atoms with van der Waals surface area (Å²) in [5.74, 6) is 1.96. The molecule has 2 heterocycles. The molecule has 35 heavy (non-hydrogen) atoms. The molecule has 2 aliphatic rings. The van der Waals surface area contributed by atoms with E-state index in [4.69, 9.17) is 14.2 Å². The first-order chi connectivity index (χ1) is 17.0. The molecular weight excluding hydrogens is 446 g/mol. The normalized spacial score (nSPS) is 20.9. The van der Waals surface area contributed by atoms with Gasteiger partial charge in [-0.15, -0.1) is 0 Å². The molecule has 188 valence electrons. The van der Waals surface area contributed by atoms with Gasteiger partial charge in [-0.2, -0.15) is 0 Å². The molecule has 3 amide bonds. The molecule has 1 atom stereocenters. The second-order valence-electron chi connectivity index (χ2n) is 9.29. The van der Waals surface area contributed by atoms with Gasteiger partial charge in [0.05, 0.1) is 21.3 Å². The number of carbonyl (C=O) groups is 2. The Kier molecular flexibility index (Phi) is 7.80. The fourth-order valence-corrected chi connectivity index (χ4v) is 5.43. The third-order valence-corrected chi connectivity index (χ3v) is 7.31. The molecule has 0 saturated carbocycles. The number of amides is 3. The molecule has 2 fully saturated rings. The smallest absolute Gasteiger partial charge is 0.322 e. The van der Waals surface area contributed by atoms with Crippen molar-refractivity contribution >= 4 is 11.9 Å². The van der Waals surface area contributed by atoms with Crippen LogP contribution < -0.4 is 24.8 Å². The standard InChI is InChI=1S/C27H35N3O5/c1-33-22-17-24(35-3)23(34-2)16-20(22)18-30-14-11-21(12-15-30)27(25(31)28-26(32)29-27)13-7-10-19-8-5-4-6-9-19/h4-6,8-9,16-17,21H,7,10-15,18H2,1-3H3,(H2,28,29,31,32). The lowest BCUT2D eigenvalue weighted by Crippen LogP contribution is -2.56. The molecule has 0 bridgehead atoms. The zero-order chi connectivity index (χ0) is 24.8. The molecule has 4 rings (SSSR count). The highest BCUT2D eigenvalue weighted by atomic mass is 16.5. The zero-order valence-electron chi connectivity index (χ0n) is 20.8. The molecule has 0 spiro atoms. The zero-order valence-corrected chi connectivity index (χ0v) is 20.8. The van der Waals surface area contributed by atoms with E-state index in [2.05, 4.69) is 27.7 Å². The number of urea groups is 1. The van der Waals surface area contributed by atoms with Crippen LogP contribution in [0, 0.1) is 5.92 Å². The number of hydrogen-bond donors (Lipinski definition) is 2. The Morgan fingerprint density at radius 1 is 0.943 bits per heavy atom. The fourth-order valence-electron chi connectivity index (χ4n) is 5.43. The Hall–Kier alpha value is -3.26. The van der Waals surface area contributed by atoms with Gasteiger partial charge >= 0.3 is 6.03 Å². The van der Waals surface area contributed by atoms with Crippen LogP contribution in [-0.4, -0.2) is 56.8 Å². The van der Waals surface area contributed by atoms with Crippen LogP contribution in [0.3, 0.4) is 0 Å². The van der Waals surface area contributed by atoms with Crippen molar-refractivity contribution in [2.24, 2.45) is 5.92 Å². The maximum Gasteiger partial charge on any atom is 0.322 e. The Balaban J connectivity index is 1.42. The molecule has 2 aliphatic heterocycles. The molecular formula is C27H35N3O5. The molecule has 2 saturated heterocycles. The molecule has 0 aliphatic carbocycles. The Bertz CT molecular complexity index is 1040. The van der Waals surface area contributed by atoms with E-state index in [1.807, 2.05) is 30.3 Å². The van der Waals surface area contributed by atoms with Crippen LogP contribution in [0.1, 0.15) is 36.8 Å². The van der Waals surface area contributed by atoms with E-state index in [9.17, 15) is 9.59 Å². The summed E-state index contributed by atoms with van der Waals surface area (Å²) in [4.78, 5) is 27.5. The highest BCUT2D eigenvalue weighted by Gasteiger charge is 2.51. The van der Waals surface area contributed by atoms with Crippen molar-refractivity contribution in [1.29, 1.82) is 0 Å². The van der Waals surface area contributed by atoms with Crippen LogP contribution in [0.15, 0.2) is 42.5 Å². The number of imide groups is 1. The van der Waals surface area contributed by atoms with E-state index in [0.717, 1.165) is 50.1 Å². The van der Waals surface area contributed by atoms with Gasteiger partial charge in [0.2, 0.25) is 0 Å². The van der Waals surface area contributed by atoms with Crippen molar-refractivity contribution in [3.63, 3.8) is 0 Å². The average Bonchev–Trinajstić information content (AvgIpc) is 3.18. The molecule has 8 heteroatoms. The molecule has 8 nitrogen and oxygen atoms in total. The predicted octanol–water partition coefficient (Wildman–Crippen LogP) is 3.53. The van der Waals surface area contributed by atoms with Gasteiger partial charge < -0.3 is 19.5 Å². The van der Waals surface area contributed by atoms with Gasteiger partial charge in [-0.1, -0.05) is 30.3 Å². The van der Waals surface area contributed by atoms with Crippen LogP contribution in [0.5, 0.6) is 17.2 Å². The van der Waals surface area contributed by atoms with Gasteiger partial charge in [0, 0.05) is 18.2 Å². The number of rotatable bonds is 10. The van der Waals surface area contributed by atoms with Crippen molar-refractivity contribution in [2.75, 3.05) is 34.4 Å². The maximum atomic E-state index is 13.0. The Morgan fingerprint density at radius 3 is 2.20 bits per heavy atom. The number of piperidine rings is 1. The first kappa shape index (κ1) is 24.9. The third-order valence-electron chi connectivity index (χ3n) is 7.31. The monoisotopic (exact) mass is 481 g/mol. The van der Waals surface area contributed by atoms with Gasteiger partial charge in [-0.3, -0.25) is 15.0 Å². The summed E-state index contributed by atoms with van der Waals surface area (Å²) in [6, 6.07) is 13.7. The lowest BCUT2D eigenvalue weighted by Gasteiger charge is -2.41. The largest absolute Gasteiger partial charge is 0.496 e. The van der Waals surface area contributed by atoms with Gasteiger partial charge in [-0.05, 0) is 62.7 Å². The Morgan fingerprint density at radius 2 is 1.60 bits per heavy atom. The second-order valence-corrected chi connectivity index (χ2v) is 9.29. The van der Waals surface area contributed by atoms with Crippen molar-refractivity contribution in [3.8, 4) is 17.2 Å². The van der Waals surface area contributed by atoms with Crippen LogP contribution in [0.4, 0.5) is 4.79 Å². The molecule has 2 aromatic rings. The number of nitrogens with zero attached hydrogens (tertiary/aromatic N) is 1. The number of aryl methyl sites for hydroxylation is 1. The van der Waals surface area contributed by atoms with Gasteiger partial charge in [-0.25, -0.2) is 4.79 Å². The van der Waals surface area contributed by atoms with Crippen molar-refractivity contribution in [1.82, 2.24) is 15.5 Å². The number of methoxy groups -OCH3 is 3. The van der Waals surface area contributed by atoms with E-state index in [1.165, 1.54) is 5.56 Å². The van der Waals surface area contributed by atoms with E-state index in [-0.39, 0.29) is 17.9 Å². The van der Waals surface area contributed by atoms with Gasteiger partial charge in [0.25, 0.3) is 5.91 Å². The fraction of sp³-hybridized carbons (Fsp3) is 0.481. The predicted molar refractivity (Wildman–Crippen MR) is 133 cm³/mol. The van der Waals surface area contributed by atoms with Crippen molar-refractivity contribution < 1.29 is 23.8 Å². The van der Waals surface area contributed by atoms with E-state index in [0.29, 0.717) is 24.5 Å². The third kappa shape index (κ3) is 5.37. The molecule has 0 aromatic heterocycles. The van der Waals surface area contributed by atoms with Crippen LogP contribution in [-0.2, 0) is 17.8 Å². The van der Waals surface area contributed by atoms with Crippen LogP contribution in [0.2, 0.25) is 0 Å². The number of benzene rings is 2. The van der Waals surface area contributed by atoms with Crippen LogP contribution in [0.25, 0.3) is 0 Å². The quantitative estimate of drug-likeness (QED) is 0.505. The maximum absolute atomic E-state index is 13.0. The minimum Gasteiger partial charge on any atom is -0.496 e.